The molecule has 0 radical (unpaired) electrons. The van der Waals surface area contributed by atoms with Gasteiger partial charge in [0, 0.05) is 5.03 Å². The van der Waals surface area contributed by atoms with Gasteiger partial charge >= 0.3 is 0 Å². The molecule has 0 nitrogen and oxygen atoms in total. The van der Waals surface area contributed by atoms with Gasteiger partial charge in [-0.25, -0.2) is 0 Å². The lowest BCUT2D eigenvalue weighted by atomic mass is 10.2. The van der Waals surface area contributed by atoms with Crippen LogP contribution in [0, 0.1) is 0 Å². The van der Waals surface area contributed by atoms with Gasteiger partial charge in [0.2, 0.25) is 0 Å². The summed E-state index contributed by atoms with van der Waals surface area (Å²) >= 11 is 5.62. The number of halogens is 1. The number of rotatable bonds is 3. The van der Waals surface area contributed by atoms with E-state index in [9.17, 15) is 0 Å². The molecule has 0 heterocycles. The molecule has 56 valence electrons. The lowest BCUT2D eigenvalue weighted by molar-refractivity contribution is 1.15. The van der Waals surface area contributed by atoms with Crippen LogP contribution in [0.1, 0.15) is 20.3 Å². The predicted octanol–water partition coefficient (Wildman–Crippen LogP) is 3.65. The van der Waals surface area contributed by atoms with E-state index >= 15 is 0 Å². The molecule has 10 heavy (non-hydrogen) atoms. The molecule has 0 N–H and O–H groups in total. The Hall–Kier alpha value is -0.490. The van der Waals surface area contributed by atoms with E-state index in [-0.39, 0.29) is 0 Å². The van der Waals surface area contributed by atoms with Crippen molar-refractivity contribution in [1.82, 2.24) is 0 Å². The predicted molar refractivity (Wildman–Crippen MR) is 48.2 cm³/mol. The lowest BCUT2D eigenvalue weighted by Gasteiger charge is -1.91. The van der Waals surface area contributed by atoms with E-state index in [1.807, 2.05) is 25.2 Å². The van der Waals surface area contributed by atoms with Crippen molar-refractivity contribution in [2.45, 2.75) is 20.3 Å². The van der Waals surface area contributed by atoms with E-state index in [4.69, 9.17) is 11.6 Å². The molecule has 0 amide bonds. The highest BCUT2D eigenvalue weighted by Gasteiger charge is 1.82. The zero-order valence-electron chi connectivity index (χ0n) is 6.52. The molecule has 0 fully saturated rings. The van der Waals surface area contributed by atoms with Gasteiger partial charge in [0.25, 0.3) is 0 Å². The molecular weight excluding hydrogens is 144 g/mol. The molecular formula is C9H13Cl. The van der Waals surface area contributed by atoms with Crippen molar-refractivity contribution < 1.29 is 0 Å². The monoisotopic (exact) mass is 156 g/mol. The fourth-order valence-corrected chi connectivity index (χ4v) is 0.615. The van der Waals surface area contributed by atoms with Gasteiger partial charge in [0.15, 0.2) is 0 Å². The van der Waals surface area contributed by atoms with Crippen LogP contribution in [-0.2, 0) is 0 Å². The first kappa shape index (κ1) is 9.51. The largest absolute Gasteiger partial charge is 0.0988 e. The van der Waals surface area contributed by atoms with Crippen molar-refractivity contribution in [2.75, 3.05) is 0 Å². The third kappa shape index (κ3) is 4.39. The highest BCUT2D eigenvalue weighted by Crippen LogP contribution is 2.04. The zero-order valence-corrected chi connectivity index (χ0v) is 7.28. The summed E-state index contributed by atoms with van der Waals surface area (Å²) in [5, 5.41) is 0.799. The molecule has 0 saturated heterocycles. The molecule has 0 aromatic carbocycles. The van der Waals surface area contributed by atoms with E-state index in [0.29, 0.717) is 0 Å². The van der Waals surface area contributed by atoms with Crippen molar-refractivity contribution in [1.29, 1.82) is 0 Å². The maximum atomic E-state index is 5.62. The van der Waals surface area contributed by atoms with E-state index in [1.165, 1.54) is 5.57 Å². The van der Waals surface area contributed by atoms with Gasteiger partial charge in [0.05, 0.1) is 0 Å². The summed E-state index contributed by atoms with van der Waals surface area (Å²) in [5.41, 5.74) is 1.21. The first-order valence-corrected chi connectivity index (χ1v) is 3.74. The Morgan fingerprint density at radius 2 is 2.10 bits per heavy atom. The standard InChI is InChI=1S/C9H13Cl/c1-4-9(5-2)7-6-8(3)10/h4,6-7H,1,5H2,2-3H3. The molecule has 0 saturated carbocycles. The van der Waals surface area contributed by atoms with Crippen LogP contribution < -0.4 is 0 Å². The van der Waals surface area contributed by atoms with Crippen LogP contribution in [0.25, 0.3) is 0 Å². The second-order valence-corrected chi connectivity index (χ2v) is 2.65. The lowest BCUT2D eigenvalue weighted by Crippen LogP contribution is -1.70. The summed E-state index contributed by atoms with van der Waals surface area (Å²) in [6.45, 7) is 7.61. The van der Waals surface area contributed by atoms with Crippen LogP contribution in [0.5, 0.6) is 0 Å². The van der Waals surface area contributed by atoms with E-state index < -0.39 is 0 Å². The van der Waals surface area contributed by atoms with Crippen LogP contribution in [0.2, 0.25) is 0 Å². The van der Waals surface area contributed by atoms with E-state index in [0.717, 1.165) is 11.5 Å². The average Bonchev–Trinajstić information content (AvgIpc) is 1.90. The van der Waals surface area contributed by atoms with Gasteiger partial charge in [-0.1, -0.05) is 37.3 Å². The molecule has 0 bridgehead atoms. The molecule has 0 aliphatic rings. The molecule has 1 heteroatoms. The van der Waals surface area contributed by atoms with Crippen LogP contribution in [0.15, 0.2) is 35.4 Å². The van der Waals surface area contributed by atoms with Crippen LogP contribution >= 0.6 is 11.6 Å². The third-order valence-electron chi connectivity index (χ3n) is 1.20. The molecule has 0 spiro atoms. The topological polar surface area (TPSA) is 0 Å². The molecule has 0 aliphatic carbocycles. The molecule has 0 unspecified atom stereocenters. The molecule has 0 atom stereocenters. The zero-order chi connectivity index (χ0) is 7.98. The Balaban J connectivity index is 4.12. The van der Waals surface area contributed by atoms with Gasteiger partial charge < -0.3 is 0 Å². The van der Waals surface area contributed by atoms with Gasteiger partial charge in [-0.15, -0.1) is 0 Å². The van der Waals surface area contributed by atoms with Crippen molar-refractivity contribution in [3.63, 3.8) is 0 Å². The summed E-state index contributed by atoms with van der Waals surface area (Å²) in [4.78, 5) is 0. The fraction of sp³-hybridized carbons (Fsp3) is 0.333. The normalized spacial score (nSPS) is 13.5. The molecule has 0 aromatic rings. The second kappa shape index (κ2) is 5.31. The van der Waals surface area contributed by atoms with E-state index in [1.54, 1.807) is 0 Å². The summed E-state index contributed by atoms with van der Waals surface area (Å²) < 4.78 is 0. The van der Waals surface area contributed by atoms with Crippen LogP contribution in [-0.4, -0.2) is 0 Å². The average molecular weight is 157 g/mol. The number of hydrogen-bond donors (Lipinski definition) is 0. The minimum Gasteiger partial charge on any atom is -0.0988 e. The fourth-order valence-electron chi connectivity index (χ4n) is 0.552. The highest BCUT2D eigenvalue weighted by molar-refractivity contribution is 6.29. The molecule has 0 aliphatic heterocycles. The number of hydrogen-bond acceptors (Lipinski definition) is 0. The Bertz CT molecular complexity index is 160. The van der Waals surface area contributed by atoms with Crippen molar-refractivity contribution >= 4 is 11.6 Å². The Morgan fingerprint density at radius 3 is 2.40 bits per heavy atom. The van der Waals surface area contributed by atoms with Gasteiger partial charge in [-0.3, -0.25) is 0 Å². The second-order valence-electron chi connectivity index (χ2n) is 2.05. The molecule has 0 rings (SSSR count). The number of allylic oxidation sites excluding steroid dienone is 5. The smallest absolute Gasteiger partial charge is 0.0150 e. The first-order valence-electron chi connectivity index (χ1n) is 3.36. The van der Waals surface area contributed by atoms with E-state index in [2.05, 4.69) is 13.5 Å². The van der Waals surface area contributed by atoms with Gasteiger partial charge in [-0.2, -0.15) is 0 Å². The Morgan fingerprint density at radius 1 is 1.50 bits per heavy atom. The molecule has 0 aromatic heterocycles. The maximum absolute atomic E-state index is 5.62. The summed E-state index contributed by atoms with van der Waals surface area (Å²) in [5.74, 6) is 0. The van der Waals surface area contributed by atoms with Crippen LogP contribution in [0.3, 0.4) is 0 Å². The summed E-state index contributed by atoms with van der Waals surface area (Å²) in [7, 11) is 0. The minimum absolute atomic E-state index is 0.799. The third-order valence-corrected chi connectivity index (χ3v) is 1.32. The maximum Gasteiger partial charge on any atom is 0.0150 e. The highest BCUT2D eigenvalue weighted by atomic mass is 35.5. The van der Waals surface area contributed by atoms with Crippen molar-refractivity contribution in [3.05, 3.63) is 35.4 Å². The van der Waals surface area contributed by atoms with Gasteiger partial charge in [0.1, 0.15) is 0 Å². The van der Waals surface area contributed by atoms with Crippen molar-refractivity contribution in [3.8, 4) is 0 Å². The van der Waals surface area contributed by atoms with Crippen molar-refractivity contribution in [2.24, 2.45) is 0 Å². The first-order chi connectivity index (χ1) is 4.70. The summed E-state index contributed by atoms with van der Waals surface area (Å²) in [6.07, 6.45) is 6.71. The quantitative estimate of drug-likeness (QED) is 0.548. The summed E-state index contributed by atoms with van der Waals surface area (Å²) in [6, 6.07) is 0. The SMILES string of the molecule is C=CC(=CC=C(C)Cl)CC. The Labute approximate surface area is 67.9 Å². The van der Waals surface area contributed by atoms with Crippen LogP contribution in [0.4, 0.5) is 0 Å². The Kier molecular flexibility index (Phi) is 5.05. The minimum atomic E-state index is 0.799. The van der Waals surface area contributed by atoms with Gasteiger partial charge in [-0.05, 0) is 25.0 Å².